The van der Waals surface area contributed by atoms with Crippen molar-refractivity contribution in [3.8, 4) is 5.69 Å². The van der Waals surface area contributed by atoms with Gasteiger partial charge in [-0.2, -0.15) is 5.10 Å². The third-order valence-electron chi connectivity index (χ3n) is 8.07. The summed E-state index contributed by atoms with van der Waals surface area (Å²) in [5.74, 6) is -0.274. The van der Waals surface area contributed by atoms with Crippen LogP contribution in [0.25, 0.3) is 11.8 Å². The number of hydrogen-bond donors (Lipinski definition) is 0. The number of benzene rings is 3. The Kier molecular flexibility index (Phi) is 8.73. The molecule has 0 aliphatic carbocycles. The average molecular weight is 582 g/mol. The van der Waals surface area contributed by atoms with Crippen molar-refractivity contribution in [1.82, 2.24) is 24.6 Å². The van der Waals surface area contributed by atoms with E-state index < -0.39 is 6.04 Å². The number of carbonyl (C=O) groups is 2. The number of amides is 2. The summed E-state index contributed by atoms with van der Waals surface area (Å²) in [4.78, 5) is 36.5. The predicted octanol–water partition coefficient (Wildman–Crippen LogP) is 5.81. The Morgan fingerprint density at radius 1 is 0.886 bits per heavy atom. The minimum absolute atomic E-state index is 0.0460. The summed E-state index contributed by atoms with van der Waals surface area (Å²) >= 11 is 0. The molecule has 2 amide bonds. The molecule has 0 fully saturated rings. The fourth-order valence-corrected chi connectivity index (χ4v) is 5.62. The zero-order valence-electron chi connectivity index (χ0n) is 24.8. The van der Waals surface area contributed by atoms with Crippen LogP contribution in [-0.2, 0) is 35.5 Å². The van der Waals surface area contributed by atoms with Gasteiger partial charge in [0.25, 0.3) is 0 Å². The first-order valence-corrected chi connectivity index (χ1v) is 14.9. The lowest BCUT2D eigenvalue weighted by atomic mass is 9.97. The number of carbonyl (C=O) groups excluding carboxylic acids is 2. The second kappa shape index (κ2) is 13.3. The second-order valence-electron chi connectivity index (χ2n) is 11.1. The summed E-state index contributed by atoms with van der Waals surface area (Å²) in [5, 5.41) is 4.32. The molecule has 7 heteroatoms. The number of aryl methyl sites for hydroxylation is 1. The van der Waals surface area contributed by atoms with Crippen LogP contribution < -0.4 is 0 Å². The number of rotatable bonds is 9. The highest BCUT2D eigenvalue weighted by Crippen LogP contribution is 2.23. The standard InChI is InChI=1S/C37H35N5O2/c1-28-12-13-30(25-38-28)16-19-36(43)41(26-31-14-17-34(18-15-31)42-22-7-21-39-42)35(24-29-8-3-2-4-9-29)37(44)40-23-20-32-10-5-6-11-33(32)27-40/h2-19,21-22,25,35H,20,23-24,26-27H2,1H3. The van der Waals surface area contributed by atoms with Gasteiger partial charge in [-0.25, -0.2) is 4.68 Å². The van der Waals surface area contributed by atoms with Crippen molar-refractivity contribution in [2.45, 2.75) is 38.9 Å². The summed E-state index contributed by atoms with van der Waals surface area (Å²) in [7, 11) is 0. The minimum atomic E-state index is -0.693. The van der Waals surface area contributed by atoms with Gasteiger partial charge in [0.15, 0.2) is 0 Å². The van der Waals surface area contributed by atoms with E-state index in [2.05, 4.69) is 22.2 Å². The maximum atomic E-state index is 14.5. The van der Waals surface area contributed by atoms with Crippen LogP contribution in [0.15, 0.2) is 122 Å². The zero-order valence-corrected chi connectivity index (χ0v) is 24.8. The van der Waals surface area contributed by atoms with E-state index in [9.17, 15) is 9.59 Å². The van der Waals surface area contributed by atoms with Crippen LogP contribution in [0.4, 0.5) is 0 Å². The van der Waals surface area contributed by atoms with Crippen molar-refractivity contribution in [2.24, 2.45) is 0 Å². The molecule has 1 aliphatic heterocycles. The Morgan fingerprint density at radius 2 is 1.66 bits per heavy atom. The highest BCUT2D eigenvalue weighted by Gasteiger charge is 2.34. The quantitative estimate of drug-likeness (QED) is 0.206. The predicted molar refractivity (Wildman–Crippen MR) is 172 cm³/mol. The maximum Gasteiger partial charge on any atom is 0.247 e. The second-order valence-corrected chi connectivity index (χ2v) is 11.1. The van der Waals surface area contributed by atoms with Crippen LogP contribution in [0.3, 0.4) is 0 Å². The van der Waals surface area contributed by atoms with Gasteiger partial charge in [-0.05, 0) is 71.5 Å². The molecule has 0 spiro atoms. The largest absolute Gasteiger partial charge is 0.336 e. The molecule has 1 unspecified atom stereocenters. The Morgan fingerprint density at radius 3 is 2.39 bits per heavy atom. The third kappa shape index (κ3) is 6.84. The zero-order chi connectivity index (χ0) is 30.3. The van der Waals surface area contributed by atoms with Gasteiger partial charge < -0.3 is 9.80 Å². The summed E-state index contributed by atoms with van der Waals surface area (Å²) in [6.07, 6.45) is 9.90. The van der Waals surface area contributed by atoms with E-state index in [-0.39, 0.29) is 18.4 Å². The molecule has 6 rings (SSSR count). The summed E-state index contributed by atoms with van der Waals surface area (Å²) in [6.45, 7) is 3.36. The van der Waals surface area contributed by atoms with Crippen LogP contribution in [0, 0.1) is 6.92 Å². The number of aromatic nitrogens is 3. The SMILES string of the molecule is Cc1ccc(C=CC(=O)N(Cc2ccc(-n3cccn3)cc2)C(Cc2ccccc2)C(=O)N2CCc3ccccc3C2)cn1. The average Bonchev–Trinajstić information content (AvgIpc) is 3.61. The highest BCUT2D eigenvalue weighted by atomic mass is 16.2. The van der Waals surface area contributed by atoms with Gasteiger partial charge in [0.05, 0.1) is 5.69 Å². The summed E-state index contributed by atoms with van der Waals surface area (Å²) in [6, 6.07) is 31.2. The van der Waals surface area contributed by atoms with Gasteiger partial charge >= 0.3 is 0 Å². The van der Waals surface area contributed by atoms with Crippen LogP contribution >= 0.6 is 0 Å². The fourth-order valence-electron chi connectivity index (χ4n) is 5.62. The Bertz CT molecular complexity index is 1730. The van der Waals surface area contributed by atoms with Crippen LogP contribution in [0.2, 0.25) is 0 Å². The molecule has 0 saturated carbocycles. The van der Waals surface area contributed by atoms with Crippen LogP contribution in [0.1, 0.15) is 33.5 Å². The number of pyridine rings is 1. The van der Waals surface area contributed by atoms with Gasteiger partial charge in [-0.15, -0.1) is 0 Å². The molecule has 1 aliphatic rings. The first-order valence-electron chi connectivity index (χ1n) is 14.9. The molecule has 3 aromatic carbocycles. The highest BCUT2D eigenvalue weighted by molar-refractivity contribution is 5.95. The maximum absolute atomic E-state index is 14.5. The van der Waals surface area contributed by atoms with E-state index in [1.54, 1.807) is 34.1 Å². The number of fused-ring (bicyclic) bond motifs is 1. The topological polar surface area (TPSA) is 71.3 Å². The summed E-state index contributed by atoms with van der Waals surface area (Å²) < 4.78 is 1.79. The molecule has 7 nitrogen and oxygen atoms in total. The third-order valence-corrected chi connectivity index (χ3v) is 8.07. The number of nitrogens with zero attached hydrogens (tertiary/aromatic N) is 5. The lowest BCUT2D eigenvalue weighted by molar-refractivity contribution is -0.144. The van der Waals surface area contributed by atoms with E-state index in [1.165, 1.54) is 5.56 Å². The van der Waals surface area contributed by atoms with E-state index in [1.807, 2.05) is 103 Å². The normalized spacial score (nSPS) is 13.4. The molecule has 2 aromatic heterocycles. The van der Waals surface area contributed by atoms with Gasteiger partial charge in [0.1, 0.15) is 6.04 Å². The number of hydrogen-bond acceptors (Lipinski definition) is 4. The molecule has 5 aromatic rings. The molecular weight excluding hydrogens is 546 g/mol. The monoisotopic (exact) mass is 581 g/mol. The van der Waals surface area contributed by atoms with E-state index >= 15 is 0 Å². The van der Waals surface area contributed by atoms with Crippen molar-refractivity contribution >= 4 is 17.9 Å². The van der Waals surface area contributed by atoms with Gasteiger partial charge in [-0.3, -0.25) is 14.6 Å². The van der Waals surface area contributed by atoms with Crippen molar-refractivity contribution < 1.29 is 9.59 Å². The lowest BCUT2D eigenvalue weighted by Crippen LogP contribution is -2.52. The van der Waals surface area contributed by atoms with Crippen LogP contribution in [-0.4, -0.2) is 49.0 Å². The smallest absolute Gasteiger partial charge is 0.247 e. The van der Waals surface area contributed by atoms with E-state index in [0.29, 0.717) is 19.5 Å². The van der Waals surface area contributed by atoms with Crippen LogP contribution in [0.5, 0.6) is 0 Å². The van der Waals surface area contributed by atoms with Crippen molar-refractivity contribution in [2.75, 3.05) is 6.54 Å². The van der Waals surface area contributed by atoms with Crippen molar-refractivity contribution in [1.29, 1.82) is 0 Å². The van der Waals surface area contributed by atoms with Gasteiger partial charge in [0.2, 0.25) is 11.8 Å². The fraction of sp³-hybridized carbons (Fsp3) is 0.189. The Labute approximate surface area is 258 Å². The first kappa shape index (κ1) is 28.8. The molecule has 0 bridgehead atoms. The van der Waals surface area contributed by atoms with Gasteiger partial charge in [-0.1, -0.05) is 72.8 Å². The molecule has 0 radical (unpaired) electrons. The summed E-state index contributed by atoms with van der Waals surface area (Å²) in [5.41, 5.74) is 7.01. The molecule has 3 heterocycles. The molecule has 1 atom stereocenters. The Balaban J connectivity index is 1.34. The Hall–Kier alpha value is -5.30. The molecule has 220 valence electrons. The van der Waals surface area contributed by atoms with Crippen molar-refractivity contribution in [3.05, 3.63) is 155 Å². The van der Waals surface area contributed by atoms with E-state index in [0.717, 1.165) is 40.1 Å². The molecular formula is C37H35N5O2. The first-order chi connectivity index (χ1) is 21.5. The molecule has 0 saturated heterocycles. The lowest BCUT2D eigenvalue weighted by Gasteiger charge is -2.37. The molecule has 0 N–H and O–H groups in total. The van der Waals surface area contributed by atoms with E-state index in [4.69, 9.17) is 0 Å². The van der Waals surface area contributed by atoms with Gasteiger partial charge in [0, 0.05) is 56.4 Å². The minimum Gasteiger partial charge on any atom is -0.336 e. The van der Waals surface area contributed by atoms with Crippen molar-refractivity contribution in [3.63, 3.8) is 0 Å². The molecule has 44 heavy (non-hydrogen) atoms.